The van der Waals surface area contributed by atoms with E-state index in [4.69, 9.17) is 16.3 Å². The molecule has 1 aliphatic rings. The molecule has 0 spiro atoms. The van der Waals surface area contributed by atoms with Crippen molar-refractivity contribution in [3.63, 3.8) is 0 Å². The number of hydrogen-bond acceptors (Lipinski definition) is 6. The van der Waals surface area contributed by atoms with Crippen LogP contribution in [0.3, 0.4) is 0 Å². The maximum atomic E-state index is 12.1. The third-order valence-corrected chi connectivity index (χ3v) is 4.95. The maximum absolute atomic E-state index is 12.1. The molecule has 1 aliphatic carbocycles. The van der Waals surface area contributed by atoms with Gasteiger partial charge in [-0.3, -0.25) is 9.48 Å². The number of hydrogen-bond donors (Lipinski definition) is 2. The van der Waals surface area contributed by atoms with Crippen LogP contribution in [0.25, 0.3) is 0 Å². The summed E-state index contributed by atoms with van der Waals surface area (Å²) < 4.78 is 8.55. The summed E-state index contributed by atoms with van der Waals surface area (Å²) in [5, 5.41) is 25.4. The number of aliphatic hydroxyl groups is 1. The maximum Gasteiger partial charge on any atom is 0.241 e. The Hall–Kier alpha value is -1.97. The lowest BCUT2D eigenvalue weighted by atomic mass is 9.79. The molecule has 0 aliphatic heterocycles. The van der Waals surface area contributed by atoms with E-state index in [1.54, 1.807) is 20.2 Å². The van der Waals surface area contributed by atoms with E-state index >= 15 is 0 Å². The van der Waals surface area contributed by atoms with Crippen LogP contribution in [0.1, 0.15) is 36.1 Å². The summed E-state index contributed by atoms with van der Waals surface area (Å²) in [6.07, 6.45) is 3.23. The Kier molecular flexibility index (Phi) is 5.90. The smallest absolute Gasteiger partial charge is 0.241 e. The molecule has 2 heterocycles. The van der Waals surface area contributed by atoms with Crippen LogP contribution in [-0.4, -0.2) is 55.3 Å². The molecule has 0 saturated heterocycles. The van der Waals surface area contributed by atoms with Crippen molar-refractivity contribution < 1.29 is 14.6 Å². The number of aliphatic hydroxyl groups excluding tert-OH is 1. The standard InChI is InChI=1S/C16H23ClN6O3/c1-10-13(17)7-22(21-10)8-15(25)18-12-5-11(6-12)16-20-19-14(9-24)23(16)3-4-26-2/h7,11-12,24H,3-6,8-9H2,1-2H3,(H,18,25). The summed E-state index contributed by atoms with van der Waals surface area (Å²) in [5.74, 6) is 1.50. The summed E-state index contributed by atoms with van der Waals surface area (Å²) in [4.78, 5) is 12.1. The lowest BCUT2D eigenvalue weighted by Crippen LogP contribution is -2.45. The van der Waals surface area contributed by atoms with Gasteiger partial charge in [0, 0.05) is 31.8 Å². The molecule has 0 atom stereocenters. The first kappa shape index (κ1) is 18.8. The number of ether oxygens (including phenoxy) is 1. The van der Waals surface area contributed by atoms with Gasteiger partial charge in [-0.1, -0.05) is 11.6 Å². The zero-order chi connectivity index (χ0) is 18.7. The Morgan fingerprint density at radius 1 is 1.46 bits per heavy atom. The van der Waals surface area contributed by atoms with Gasteiger partial charge in [0.25, 0.3) is 0 Å². The molecule has 9 nitrogen and oxygen atoms in total. The van der Waals surface area contributed by atoms with E-state index in [0.717, 1.165) is 18.7 Å². The molecule has 0 bridgehead atoms. The van der Waals surface area contributed by atoms with Crippen molar-refractivity contribution in [2.75, 3.05) is 13.7 Å². The van der Waals surface area contributed by atoms with Crippen LogP contribution in [-0.2, 0) is 29.2 Å². The zero-order valence-corrected chi connectivity index (χ0v) is 15.6. The van der Waals surface area contributed by atoms with Crippen LogP contribution >= 0.6 is 11.6 Å². The first-order valence-electron chi connectivity index (χ1n) is 8.52. The molecule has 3 rings (SSSR count). The van der Waals surface area contributed by atoms with Crippen molar-refractivity contribution in [3.05, 3.63) is 28.6 Å². The minimum Gasteiger partial charge on any atom is -0.388 e. The molecule has 1 amide bonds. The van der Waals surface area contributed by atoms with E-state index < -0.39 is 0 Å². The summed E-state index contributed by atoms with van der Waals surface area (Å²) in [5.41, 5.74) is 0.707. The topological polar surface area (TPSA) is 107 Å². The number of carbonyl (C=O) groups is 1. The van der Waals surface area contributed by atoms with Gasteiger partial charge in [-0.05, 0) is 19.8 Å². The van der Waals surface area contributed by atoms with Crippen molar-refractivity contribution in [2.45, 2.75) is 51.4 Å². The molecule has 10 heteroatoms. The molecular weight excluding hydrogens is 360 g/mol. The first-order valence-corrected chi connectivity index (χ1v) is 8.90. The minimum absolute atomic E-state index is 0.0930. The normalized spacial score (nSPS) is 19.4. The first-order chi connectivity index (χ1) is 12.5. The summed E-state index contributed by atoms with van der Waals surface area (Å²) in [6, 6.07) is 0.102. The largest absolute Gasteiger partial charge is 0.388 e. The van der Waals surface area contributed by atoms with Gasteiger partial charge in [-0.15, -0.1) is 10.2 Å². The molecule has 2 N–H and O–H groups in total. The van der Waals surface area contributed by atoms with Crippen LogP contribution < -0.4 is 5.32 Å². The van der Waals surface area contributed by atoms with Crippen molar-refractivity contribution in [1.82, 2.24) is 29.9 Å². The molecule has 1 saturated carbocycles. The number of methoxy groups -OCH3 is 1. The molecule has 0 radical (unpaired) electrons. The van der Waals surface area contributed by atoms with Crippen molar-refractivity contribution in [2.24, 2.45) is 0 Å². The molecule has 142 valence electrons. The second-order valence-electron chi connectivity index (χ2n) is 6.47. The molecule has 2 aromatic rings. The van der Waals surface area contributed by atoms with Crippen LogP contribution in [0.15, 0.2) is 6.20 Å². The fourth-order valence-electron chi connectivity index (χ4n) is 3.14. The predicted octanol–water partition coefficient (Wildman–Crippen LogP) is 0.638. The third kappa shape index (κ3) is 4.05. The number of carbonyl (C=O) groups excluding carboxylic acids is 1. The third-order valence-electron chi connectivity index (χ3n) is 4.58. The van der Waals surface area contributed by atoms with Crippen molar-refractivity contribution in [3.8, 4) is 0 Å². The number of nitrogens with one attached hydrogen (secondary N) is 1. The molecule has 0 aromatic carbocycles. The fraction of sp³-hybridized carbons (Fsp3) is 0.625. The van der Waals surface area contributed by atoms with E-state index in [0.29, 0.717) is 29.7 Å². The van der Waals surface area contributed by atoms with Gasteiger partial charge in [-0.25, -0.2) is 0 Å². The Morgan fingerprint density at radius 2 is 2.23 bits per heavy atom. The second kappa shape index (κ2) is 8.15. The summed E-state index contributed by atoms with van der Waals surface area (Å²) in [7, 11) is 1.63. The molecule has 0 unspecified atom stereocenters. The molecule has 1 fully saturated rings. The van der Waals surface area contributed by atoms with Gasteiger partial charge >= 0.3 is 0 Å². The summed E-state index contributed by atoms with van der Waals surface area (Å²) >= 11 is 5.95. The van der Waals surface area contributed by atoms with E-state index in [1.807, 2.05) is 4.57 Å². The lowest BCUT2D eigenvalue weighted by Gasteiger charge is -2.35. The predicted molar refractivity (Wildman–Crippen MR) is 93.7 cm³/mol. The molecular formula is C16H23ClN6O3. The SMILES string of the molecule is COCCn1c(CO)nnc1C1CC(NC(=O)Cn2cc(Cl)c(C)n2)C1. The van der Waals surface area contributed by atoms with Gasteiger partial charge in [0.05, 0.1) is 17.3 Å². The number of amides is 1. The number of aryl methyl sites for hydroxylation is 1. The van der Waals surface area contributed by atoms with Crippen LogP contribution in [0.5, 0.6) is 0 Å². The van der Waals surface area contributed by atoms with Crippen LogP contribution in [0, 0.1) is 6.92 Å². The Bertz CT molecular complexity index is 749. The van der Waals surface area contributed by atoms with E-state index in [1.165, 1.54) is 4.68 Å². The fourth-order valence-corrected chi connectivity index (χ4v) is 3.29. The quantitative estimate of drug-likeness (QED) is 0.693. The number of aromatic nitrogens is 5. The van der Waals surface area contributed by atoms with Gasteiger partial charge in [0.15, 0.2) is 5.82 Å². The zero-order valence-electron chi connectivity index (χ0n) is 14.9. The van der Waals surface area contributed by atoms with Crippen LogP contribution in [0.4, 0.5) is 0 Å². The highest BCUT2D eigenvalue weighted by atomic mass is 35.5. The Labute approximate surface area is 156 Å². The Morgan fingerprint density at radius 3 is 2.85 bits per heavy atom. The average Bonchev–Trinajstić information content (AvgIpc) is 3.11. The number of nitrogens with zero attached hydrogens (tertiary/aromatic N) is 5. The minimum atomic E-state index is -0.157. The monoisotopic (exact) mass is 382 g/mol. The van der Waals surface area contributed by atoms with Gasteiger partial charge in [0.2, 0.25) is 5.91 Å². The van der Waals surface area contributed by atoms with Crippen molar-refractivity contribution >= 4 is 17.5 Å². The molecule has 26 heavy (non-hydrogen) atoms. The average molecular weight is 383 g/mol. The van der Waals surface area contributed by atoms with Crippen LogP contribution in [0.2, 0.25) is 5.02 Å². The lowest BCUT2D eigenvalue weighted by molar-refractivity contribution is -0.123. The highest BCUT2D eigenvalue weighted by Crippen LogP contribution is 2.36. The highest BCUT2D eigenvalue weighted by Gasteiger charge is 2.35. The van der Waals surface area contributed by atoms with E-state index in [9.17, 15) is 9.90 Å². The number of rotatable bonds is 8. The highest BCUT2D eigenvalue weighted by molar-refractivity contribution is 6.31. The Balaban J connectivity index is 1.52. The summed E-state index contributed by atoms with van der Waals surface area (Å²) in [6.45, 7) is 2.91. The molecule has 2 aromatic heterocycles. The van der Waals surface area contributed by atoms with E-state index in [-0.39, 0.29) is 31.0 Å². The van der Waals surface area contributed by atoms with Gasteiger partial charge < -0.3 is 19.7 Å². The number of halogens is 1. The van der Waals surface area contributed by atoms with Gasteiger partial charge in [0.1, 0.15) is 19.0 Å². The van der Waals surface area contributed by atoms with E-state index in [2.05, 4.69) is 20.6 Å². The second-order valence-corrected chi connectivity index (χ2v) is 6.88. The van der Waals surface area contributed by atoms with Crippen molar-refractivity contribution in [1.29, 1.82) is 0 Å². The van der Waals surface area contributed by atoms with Gasteiger partial charge in [-0.2, -0.15) is 5.10 Å².